The lowest BCUT2D eigenvalue weighted by molar-refractivity contribution is 0.135. The summed E-state index contributed by atoms with van der Waals surface area (Å²) in [6.45, 7) is 2.33. The normalized spacial score (nSPS) is 20.3. The molecule has 6 nitrogen and oxygen atoms in total. The molecule has 2 aromatic rings. The number of benzene rings is 1. The molecule has 2 aliphatic rings. The van der Waals surface area contributed by atoms with E-state index in [0.717, 1.165) is 27.5 Å². The van der Waals surface area contributed by atoms with Crippen molar-refractivity contribution < 1.29 is 9.53 Å². The maximum atomic E-state index is 12.4. The first-order valence-electron chi connectivity index (χ1n) is 8.44. The summed E-state index contributed by atoms with van der Waals surface area (Å²) < 4.78 is 5.57. The zero-order chi connectivity index (χ0) is 19.0. The van der Waals surface area contributed by atoms with Crippen LogP contribution in [0.15, 0.2) is 41.4 Å². The Labute approximate surface area is 166 Å². The number of hydrogen-bond donors (Lipinski definition) is 1. The number of thioether (sulfide) groups is 1. The quantitative estimate of drug-likeness (QED) is 0.797. The molecule has 1 aromatic carbocycles. The van der Waals surface area contributed by atoms with Crippen LogP contribution < -0.4 is 10.2 Å². The topological polar surface area (TPSA) is 78.2 Å². The van der Waals surface area contributed by atoms with Crippen molar-refractivity contribution in [2.24, 2.45) is 0 Å². The molecule has 1 amide bonds. The van der Waals surface area contributed by atoms with Crippen molar-refractivity contribution in [1.82, 2.24) is 10.3 Å². The number of rotatable bonds is 3. The number of pyridine rings is 1. The summed E-state index contributed by atoms with van der Waals surface area (Å²) in [7, 11) is 0. The molecule has 0 saturated carbocycles. The molecule has 0 unspecified atom stereocenters. The third-order valence-electron chi connectivity index (χ3n) is 4.60. The van der Waals surface area contributed by atoms with Gasteiger partial charge in [-0.05, 0) is 36.8 Å². The van der Waals surface area contributed by atoms with E-state index in [2.05, 4.69) is 16.4 Å². The van der Waals surface area contributed by atoms with E-state index in [-0.39, 0.29) is 18.2 Å². The molecule has 2 aliphatic heterocycles. The molecule has 1 N–H and O–H groups in total. The lowest BCUT2D eigenvalue weighted by Gasteiger charge is -2.31. The molecule has 4 rings (SSSR count). The van der Waals surface area contributed by atoms with Gasteiger partial charge in [0.05, 0.1) is 23.3 Å². The van der Waals surface area contributed by atoms with Crippen LogP contribution >= 0.6 is 24.0 Å². The molecule has 2 atom stereocenters. The first kappa shape index (κ1) is 17.8. The number of nitrogens with zero attached hydrogens (tertiary/aromatic N) is 3. The fourth-order valence-corrected chi connectivity index (χ4v) is 4.58. The highest BCUT2D eigenvalue weighted by Gasteiger charge is 2.45. The smallest absolute Gasteiger partial charge is 0.415 e. The van der Waals surface area contributed by atoms with Crippen LogP contribution in [0, 0.1) is 11.3 Å². The number of fused-ring (bicyclic) bond motifs is 3. The minimum Gasteiger partial charge on any atom is -0.442 e. The highest BCUT2D eigenvalue weighted by atomic mass is 32.2. The molecule has 136 valence electrons. The fraction of sp³-hybridized carbons (Fsp3) is 0.263. The standard InChI is InChI=1S/C19H16N4O2S2/c1-11(26)21-9-17-16-10-27-18-6-12(13-2-4-14(7-20)22-8-13)3-5-15(18)23(16)19(24)25-17/h2-6,8,16-17H,9-10H2,1H3,(H,21,26)/t16-,17-/m0/s1. The number of amides is 1. The Kier molecular flexibility index (Phi) is 4.72. The van der Waals surface area contributed by atoms with Crippen LogP contribution in [0.25, 0.3) is 11.1 Å². The van der Waals surface area contributed by atoms with Crippen LogP contribution in [-0.2, 0) is 4.74 Å². The molecule has 8 heteroatoms. The van der Waals surface area contributed by atoms with Crippen molar-refractivity contribution in [3.63, 3.8) is 0 Å². The van der Waals surface area contributed by atoms with Gasteiger partial charge in [0.25, 0.3) is 0 Å². The van der Waals surface area contributed by atoms with Gasteiger partial charge in [-0.15, -0.1) is 11.8 Å². The first-order valence-corrected chi connectivity index (χ1v) is 9.84. The van der Waals surface area contributed by atoms with Gasteiger partial charge in [-0.3, -0.25) is 4.90 Å². The summed E-state index contributed by atoms with van der Waals surface area (Å²) in [6.07, 6.45) is 1.15. The van der Waals surface area contributed by atoms with Gasteiger partial charge < -0.3 is 10.1 Å². The Morgan fingerprint density at radius 3 is 2.96 bits per heavy atom. The van der Waals surface area contributed by atoms with Gasteiger partial charge in [-0.25, -0.2) is 9.78 Å². The monoisotopic (exact) mass is 396 g/mol. The summed E-state index contributed by atoms with van der Waals surface area (Å²) in [5.41, 5.74) is 3.19. The van der Waals surface area contributed by atoms with Gasteiger partial charge in [0, 0.05) is 22.4 Å². The number of nitriles is 1. The maximum Gasteiger partial charge on any atom is 0.415 e. The van der Waals surface area contributed by atoms with Gasteiger partial charge in [0.1, 0.15) is 17.9 Å². The van der Waals surface area contributed by atoms with E-state index in [1.807, 2.05) is 31.2 Å². The molecule has 1 saturated heterocycles. The molecule has 0 aliphatic carbocycles. The summed E-state index contributed by atoms with van der Waals surface area (Å²) >= 11 is 6.77. The summed E-state index contributed by atoms with van der Waals surface area (Å²) in [5.74, 6) is 0.761. The van der Waals surface area contributed by atoms with E-state index in [1.54, 1.807) is 28.9 Å². The minimum absolute atomic E-state index is 0.0146. The maximum absolute atomic E-state index is 12.4. The lowest BCUT2D eigenvalue weighted by Crippen LogP contribution is -2.45. The largest absolute Gasteiger partial charge is 0.442 e. The van der Waals surface area contributed by atoms with Crippen LogP contribution in [-0.4, -0.2) is 40.5 Å². The number of thiocarbonyl (C=S) groups is 1. The number of hydrogen-bond acceptors (Lipinski definition) is 6. The molecular weight excluding hydrogens is 380 g/mol. The molecular formula is C19H16N4O2S2. The van der Waals surface area contributed by atoms with E-state index in [0.29, 0.717) is 17.2 Å². The summed E-state index contributed by atoms with van der Waals surface area (Å²) in [5, 5.41) is 12.0. The average Bonchev–Trinajstić information content (AvgIpc) is 3.02. The third-order valence-corrected chi connectivity index (χ3v) is 5.89. The van der Waals surface area contributed by atoms with Crippen molar-refractivity contribution in [1.29, 1.82) is 5.26 Å². The minimum atomic E-state index is -0.317. The molecule has 27 heavy (non-hydrogen) atoms. The summed E-state index contributed by atoms with van der Waals surface area (Å²) in [4.78, 5) is 20.0. The van der Waals surface area contributed by atoms with Gasteiger partial charge in [0.15, 0.2) is 0 Å². The number of nitrogens with one attached hydrogen (secondary N) is 1. The second kappa shape index (κ2) is 7.18. The zero-order valence-electron chi connectivity index (χ0n) is 14.5. The SMILES string of the molecule is CC(=S)NC[C@@H]1OC(=O)N2c3ccc(-c4ccc(C#N)nc4)cc3SC[C@@H]12. The van der Waals surface area contributed by atoms with Crippen molar-refractivity contribution in [3.05, 3.63) is 42.2 Å². The van der Waals surface area contributed by atoms with Crippen LogP contribution in [0.2, 0.25) is 0 Å². The second-order valence-electron chi connectivity index (χ2n) is 6.33. The lowest BCUT2D eigenvalue weighted by atomic mass is 10.1. The van der Waals surface area contributed by atoms with E-state index in [4.69, 9.17) is 22.2 Å². The Morgan fingerprint density at radius 1 is 1.44 bits per heavy atom. The molecule has 0 bridgehead atoms. The number of carbonyl (C=O) groups is 1. The number of aromatic nitrogens is 1. The van der Waals surface area contributed by atoms with Crippen LogP contribution in [0.3, 0.4) is 0 Å². The van der Waals surface area contributed by atoms with Gasteiger partial charge in [0.2, 0.25) is 0 Å². The van der Waals surface area contributed by atoms with Gasteiger partial charge in [-0.1, -0.05) is 18.3 Å². The van der Waals surface area contributed by atoms with Gasteiger partial charge in [-0.2, -0.15) is 5.26 Å². The Balaban J connectivity index is 1.60. The molecule has 0 radical (unpaired) electrons. The second-order valence-corrected chi connectivity index (χ2v) is 8.01. The predicted octanol–water partition coefficient (Wildman–Crippen LogP) is 3.36. The van der Waals surface area contributed by atoms with E-state index >= 15 is 0 Å². The molecule has 1 fully saturated rings. The zero-order valence-corrected chi connectivity index (χ0v) is 16.1. The predicted molar refractivity (Wildman–Crippen MR) is 108 cm³/mol. The fourth-order valence-electron chi connectivity index (χ4n) is 3.26. The van der Waals surface area contributed by atoms with Crippen LogP contribution in [0.5, 0.6) is 0 Å². The van der Waals surface area contributed by atoms with E-state index < -0.39 is 0 Å². The number of ether oxygens (including phenoxy) is 1. The van der Waals surface area contributed by atoms with E-state index in [1.165, 1.54) is 0 Å². The average molecular weight is 396 g/mol. The van der Waals surface area contributed by atoms with Crippen LogP contribution in [0.4, 0.5) is 10.5 Å². The Hall–Kier alpha value is -2.63. The number of carbonyl (C=O) groups excluding carboxylic acids is 1. The molecule has 0 spiro atoms. The van der Waals surface area contributed by atoms with Crippen molar-refractivity contribution in [2.75, 3.05) is 17.2 Å². The highest BCUT2D eigenvalue weighted by molar-refractivity contribution is 7.99. The Bertz CT molecular complexity index is 955. The third kappa shape index (κ3) is 3.36. The number of anilines is 1. The molecule has 1 aromatic heterocycles. The van der Waals surface area contributed by atoms with Crippen LogP contribution in [0.1, 0.15) is 12.6 Å². The van der Waals surface area contributed by atoms with Gasteiger partial charge >= 0.3 is 6.09 Å². The van der Waals surface area contributed by atoms with Crippen molar-refractivity contribution in [3.8, 4) is 17.2 Å². The summed E-state index contributed by atoms with van der Waals surface area (Å²) in [6, 6.07) is 11.5. The van der Waals surface area contributed by atoms with E-state index in [9.17, 15) is 4.79 Å². The highest BCUT2D eigenvalue weighted by Crippen LogP contribution is 2.43. The first-order chi connectivity index (χ1) is 13.1. The Morgan fingerprint density at radius 2 is 2.26 bits per heavy atom. The number of cyclic esters (lactones) is 1. The van der Waals surface area contributed by atoms with Crippen molar-refractivity contribution >= 4 is 40.7 Å². The molecule has 3 heterocycles. The van der Waals surface area contributed by atoms with Crippen molar-refractivity contribution in [2.45, 2.75) is 24.0 Å².